The lowest BCUT2D eigenvalue weighted by Crippen LogP contribution is -2.21. The molecule has 1 aliphatic rings. The highest BCUT2D eigenvalue weighted by atomic mass is 32.2. The van der Waals surface area contributed by atoms with Crippen LogP contribution >= 0.6 is 0 Å². The van der Waals surface area contributed by atoms with Crippen LogP contribution < -0.4 is 10.2 Å². The summed E-state index contributed by atoms with van der Waals surface area (Å²) in [4.78, 5) is 19.2. The van der Waals surface area contributed by atoms with Crippen molar-refractivity contribution < 1.29 is 17.2 Å². The predicted octanol–water partition coefficient (Wildman–Crippen LogP) is 3.61. The van der Waals surface area contributed by atoms with Gasteiger partial charge in [-0.15, -0.1) is 0 Å². The van der Waals surface area contributed by atoms with Crippen LogP contribution in [0.2, 0.25) is 0 Å². The molecule has 32 heavy (non-hydrogen) atoms. The molecule has 1 saturated heterocycles. The molecule has 1 fully saturated rings. The Labute approximate surface area is 185 Å². The number of nitrogens with zero attached hydrogens (tertiary/aromatic N) is 5. The van der Waals surface area contributed by atoms with Crippen LogP contribution in [0.3, 0.4) is 0 Å². The molecule has 11 heteroatoms. The Hall–Kier alpha value is -2.95. The molecule has 1 N–H and O–H groups in total. The van der Waals surface area contributed by atoms with Crippen molar-refractivity contribution in [2.24, 2.45) is 5.92 Å². The maximum Gasteiger partial charge on any atom is 0.226 e. The third-order valence-electron chi connectivity index (χ3n) is 5.38. The third kappa shape index (κ3) is 4.62. The van der Waals surface area contributed by atoms with Gasteiger partial charge >= 0.3 is 0 Å². The monoisotopic (exact) mass is 462 g/mol. The van der Waals surface area contributed by atoms with Crippen molar-refractivity contribution in [2.75, 3.05) is 29.1 Å². The Bertz CT molecular complexity index is 1250. The van der Waals surface area contributed by atoms with Gasteiger partial charge in [0.05, 0.1) is 17.7 Å². The lowest BCUT2D eigenvalue weighted by molar-refractivity contribution is 0.574. The summed E-state index contributed by atoms with van der Waals surface area (Å²) in [5.74, 6) is -1.29. The van der Waals surface area contributed by atoms with Gasteiger partial charge < -0.3 is 10.2 Å². The normalized spacial score (nSPS) is 16.6. The largest absolute Gasteiger partial charge is 0.341 e. The van der Waals surface area contributed by atoms with Gasteiger partial charge in [-0.3, -0.25) is 0 Å². The average Bonchev–Trinajstić information content (AvgIpc) is 3.19. The smallest absolute Gasteiger partial charge is 0.226 e. The first kappa shape index (κ1) is 22.3. The first-order valence-corrected chi connectivity index (χ1v) is 12.3. The number of anilines is 3. The number of halogens is 2. The molecule has 3 aromatic rings. The van der Waals surface area contributed by atoms with E-state index in [0.29, 0.717) is 29.3 Å². The highest BCUT2D eigenvalue weighted by Gasteiger charge is 2.23. The molecule has 4 rings (SSSR count). The number of aromatic nitrogens is 4. The highest BCUT2D eigenvalue weighted by molar-refractivity contribution is 7.90. The quantitative estimate of drug-likeness (QED) is 0.568. The maximum absolute atomic E-state index is 15.1. The molecule has 0 aliphatic carbocycles. The van der Waals surface area contributed by atoms with Gasteiger partial charge in [0.25, 0.3) is 0 Å². The van der Waals surface area contributed by atoms with Gasteiger partial charge in [0, 0.05) is 18.7 Å². The summed E-state index contributed by atoms with van der Waals surface area (Å²) >= 11 is 0. The van der Waals surface area contributed by atoms with E-state index in [-0.39, 0.29) is 17.1 Å². The van der Waals surface area contributed by atoms with E-state index in [1.165, 1.54) is 6.33 Å². The Morgan fingerprint density at radius 3 is 2.75 bits per heavy atom. The van der Waals surface area contributed by atoms with E-state index in [1.807, 2.05) is 4.90 Å². The molecule has 0 unspecified atom stereocenters. The summed E-state index contributed by atoms with van der Waals surface area (Å²) in [6.45, 7) is 5.52. The molecule has 0 amide bonds. The van der Waals surface area contributed by atoms with Gasteiger partial charge in [-0.1, -0.05) is 19.9 Å². The summed E-state index contributed by atoms with van der Waals surface area (Å²) in [7, 11) is -3.51. The Morgan fingerprint density at radius 2 is 2.03 bits per heavy atom. The molecule has 1 aromatic carbocycles. The van der Waals surface area contributed by atoms with Crippen molar-refractivity contribution in [3.63, 3.8) is 0 Å². The molecule has 0 radical (unpaired) electrons. The predicted molar refractivity (Wildman–Crippen MR) is 119 cm³/mol. The van der Waals surface area contributed by atoms with Crippen LogP contribution in [0.4, 0.5) is 26.2 Å². The molecule has 8 nitrogen and oxygen atoms in total. The Morgan fingerprint density at radius 1 is 1.22 bits per heavy atom. The van der Waals surface area contributed by atoms with E-state index in [0.717, 1.165) is 31.6 Å². The van der Waals surface area contributed by atoms with Crippen molar-refractivity contribution in [1.29, 1.82) is 0 Å². The number of fused-ring (bicyclic) bond motifs is 1. The summed E-state index contributed by atoms with van der Waals surface area (Å²) in [6, 6.07) is 2.19. The van der Waals surface area contributed by atoms with E-state index < -0.39 is 32.9 Å². The fourth-order valence-electron chi connectivity index (χ4n) is 3.77. The summed E-state index contributed by atoms with van der Waals surface area (Å²) in [6.07, 6.45) is 4.24. The van der Waals surface area contributed by atoms with Crippen LogP contribution in [0.5, 0.6) is 0 Å². The van der Waals surface area contributed by atoms with Crippen LogP contribution in [0.1, 0.15) is 32.3 Å². The minimum Gasteiger partial charge on any atom is -0.341 e. The van der Waals surface area contributed by atoms with Crippen molar-refractivity contribution in [3.05, 3.63) is 41.9 Å². The van der Waals surface area contributed by atoms with Gasteiger partial charge in [0.1, 0.15) is 28.9 Å². The molecule has 0 saturated carbocycles. The second-order valence-electron chi connectivity index (χ2n) is 8.08. The van der Waals surface area contributed by atoms with Crippen molar-refractivity contribution in [1.82, 2.24) is 19.9 Å². The van der Waals surface area contributed by atoms with Crippen molar-refractivity contribution >= 4 is 38.3 Å². The standard InChI is InChI=1S/C21H24F2N6O2S/c1-3-8-32(30,31)11-14-4-5-15(22)18(17(14)23)27-20-19-16(25-12-26-20)9-24-21(28-19)29-7-6-13(2)10-29/h4-5,9,12-13H,3,6-8,10-11H2,1-2H3,(H,25,26,27)/t13-/m1/s1. The topological polar surface area (TPSA) is 101 Å². The SMILES string of the molecule is CCCS(=O)(=O)Cc1ccc(F)c(Nc2ncnc3cnc(N4CC[C@@H](C)C4)nc23)c1F. The van der Waals surface area contributed by atoms with Gasteiger partial charge in [-0.25, -0.2) is 37.1 Å². The number of rotatable bonds is 7. The molecule has 170 valence electrons. The highest BCUT2D eigenvalue weighted by Crippen LogP contribution is 2.30. The summed E-state index contributed by atoms with van der Waals surface area (Å²) in [5.41, 5.74) is 0.145. The molecular weight excluding hydrogens is 438 g/mol. The lowest BCUT2D eigenvalue weighted by Gasteiger charge is -2.17. The molecule has 0 bridgehead atoms. The third-order valence-corrected chi connectivity index (χ3v) is 7.16. The fourth-order valence-corrected chi connectivity index (χ4v) is 5.23. The van der Waals surface area contributed by atoms with Crippen LogP contribution in [0.25, 0.3) is 11.0 Å². The Balaban J connectivity index is 1.71. The van der Waals surface area contributed by atoms with Crippen LogP contribution in [-0.4, -0.2) is 47.2 Å². The maximum atomic E-state index is 15.1. The number of benzene rings is 1. The van der Waals surface area contributed by atoms with Gasteiger partial charge in [-0.05, 0) is 24.8 Å². The Kier molecular flexibility index (Phi) is 6.18. The zero-order valence-corrected chi connectivity index (χ0v) is 18.7. The first-order chi connectivity index (χ1) is 15.3. The van der Waals surface area contributed by atoms with Crippen LogP contribution in [0, 0.1) is 17.6 Å². The molecule has 2 aromatic heterocycles. The van der Waals surface area contributed by atoms with Gasteiger partial charge in [0.15, 0.2) is 21.5 Å². The zero-order valence-electron chi connectivity index (χ0n) is 17.8. The van der Waals surface area contributed by atoms with Gasteiger partial charge in [-0.2, -0.15) is 0 Å². The number of sulfone groups is 1. The van der Waals surface area contributed by atoms with Crippen LogP contribution in [-0.2, 0) is 15.6 Å². The van der Waals surface area contributed by atoms with E-state index >= 15 is 4.39 Å². The minimum atomic E-state index is -3.51. The molecule has 3 heterocycles. The second-order valence-corrected chi connectivity index (χ2v) is 10.3. The van der Waals surface area contributed by atoms with E-state index in [1.54, 1.807) is 13.1 Å². The molecule has 0 spiro atoms. The van der Waals surface area contributed by atoms with Crippen molar-refractivity contribution in [3.8, 4) is 0 Å². The molecule has 1 atom stereocenters. The van der Waals surface area contributed by atoms with Crippen LogP contribution in [0.15, 0.2) is 24.7 Å². The zero-order chi connectivity index (χ0) is 22.9. The average molecular weight is 463 g/mol. The number of nitrogens with one attached hydrogen (secondary N) is 1. The fraction of sp³-hybridized carbons (Fsp3) is 0.429. The summed E-state index contributed by atoms with van der Waals surface area (Å²) < 4.78 is 53.9. The lowest BCUT2D eigenvalue weighted by atomic mass is 10.2. The second kappa shape index (κ2) is 8.89. The molecule has 1 aliphatic heterocycles. The van der Waals surface area contributed by atoms with E-state index in [4.69, 9.17) is 0 Å². The number of hydrogen-bond acceptors (Lipinski definition) is 8. The van der Waals surface area contributed by atoms with Gasteiger partial charge in [0.2, 0.25) is 5.95 Å². The number of hydrogen-bond donors (Lipinski definition) is 1. The molecular formula is C21H24F2N6O2S. The van der Waals surface area contributed by atoms with E-state index in [2.05, 4.69) is 32.2 Å². The van der Waals surface area contributed by atoms with Crippen molar-refractivity contribution in [2.45, 2.75) is 32.4 Å². The van der Waals surface area contributed by atoms with E-state index in [9.17, 15) is 12.8 Å². The summed E-state index contributed by atoms with van der Waals surface area (Å²) in [5, 5.41) is 2.66. The minimum absolute atomic E-state index is 0.0715. The first-order valence-electron chi connectivity index (χ1n) is 10.4.